The second-order valence-electron chi connectivity index (χ2n) is 5.52. The Kier molecular flexibility index (Phi) is 3.27. The van der Waals surface area contributed by atoms with Crippen molar-refractivity contribution >= 4 is 27.5 Å². The van der Waals surface area contributed by atoms with Crippen molar-refractivity contribution in [2.75, 3.05) is 18.0 Å². The Morgan fingerprint density at radius 1 is 1.37 bits per heavy atom. The molecule has 3 atom stereocenters. The van der Waals surface area contributed by atoms with Gasteiger partial charge in [-0.1, -0.05) is 6.07 Å². The molecule has 5 heteroatoms. The van der Waals surface area contributed by atoms with Crippen molar-refractivity contribution in [3.63, 3.8) is 0 Å². The molecule has 1 heterocycles. The zero-order valence-corrected chi connectivity index (χ0v) is 12.2. The summed E-state index contributed by atoms with van der Waals surface area (Å²) in [5, 5.41) is 17.7. The van der Waals surface area contributed by atoms with Gasteiger partial charge in [0.2, 0.25) is 0 Å². The second-order valence-corrected chi connectivity index (χ2v) is 6.38. The number of aliphatic hydroxyl groups excluding tert-OH is 1. The number of aliphatic hydroxyl groups is 1. The minimum Gasteiger partial charge on any atom is -0.393 e. The van der Waals surface area contributed by atoms with E-state index in [0.717, 1.165) is 41.7 Å². The highest BCUT2D eigenvalue weighted by molar-refractivity contribution is 9.10. The van der Waals surface area contributed by atoms with E-state index in [2.05, 4.69) is 20.8 Å². The summed E-state index contributed by atoms with van der Waals surface area (Å²) in [5.74, 6) is 1.03. The number of nitrogens with one attached hydrogen (secondary N) is 1. The number of hydrogen-bond donors (Lipinski definition) is 3. The largest absolute Gasteiger partial charge is 0.393 e. The van der Waals surface area contributed by atoms with Gasteiger partial charge in [0.25, 0.3) is 0 Å². The molecule has 102 valence electrons. The van der Waals surface area contributed by atoms with E-state index in [1.54, 1.807) is 0 Å². The fraction of sp³-hybridized carbons (Fsp3) is 0.500. The van der Waals surface area contributed by atoms with Gasteiger partial charge in [0.1, 0.15) is 5.84 Å². The van der Waals surface area contributed by atoms with Gasteiger partial charge in [0.15, 0.2) is 0 Å². The average Bonchev–Trinajstić information content (AvgIpc) is 2.91. The summed E-state index contributed by atoms with van der Waals surface area (Å²) in [6.45, 7) is 1.82. The van der Waals surface area contributed by atoms with Gasteiger partial charge in [-0.15, -0.1) is 0 Å². The number of benzene rings is 1. The minimum absolute atomic E-state index is 0.0834. The van der Waals surface area contributed by atoms with Crippen molar-refractivity contribution in [1.82, 2.24) is 0 Å². The van der Waals surface area contributed by atoms with Crippen LogP contribution >= 0.6 is 15.9 Å². The number of amidine groups is 1. The number of anilines is 1. The van der Waals surface area contributed by atoms with Crippen LogP contribution in [0.1, 0.15) is 18.4 Å². The molecule has 4 N–H and O–H groups in total. The number of nitrogen functional groups attached to an aromatic ring is 1. The maximum absolute atomic E-state index is 9.99. The molecule has 0 spiro atoms. The van der Waals surface area contributed by atoms with Crippen molar-refractivity contribution in [3.8, 4) is 0 Å². The summed E-state index contributed by atoms with van der Waals surface area (Å²) in [6.07, 6.45) is 1.87. The third-order valence-corrected chi connectivity index (χ3v) is 5.08. The maximum atomic E-state index is 9.99. The van der Waals surface area contributed by atoms with Crippen LogP contribution in [0.2, 0.25) is 0 Å². The Morgan fingerprint density at radius 3 is 2.84 bits per heavy atom. The van der Waals surface area contributed by atoms with E-state index >= 15 is 0 Å². The van der Waals surface area contributed by atoms with Gasteiger partial charge in [-0.05, 0) is 46.8 Å². The molecule has 0 amide bonds. The van der Waals surface area contributed by atoms with E-state index < -0.39 is 0 Å². The Morgan fingerprint density at radius 2 is 2.16 bits per heavy atom. The molecule has 1 aliphatic heterocycles. The Hall–Kier alpha value is -1.07. The number of hydrogen-bond acceptors (Lipinski definition) is 3. The number of nitrogens with two attached hydrogens (primary N) is 1. The molecule has 4 nitrogen and oxygen atoms in total. The molecule has 2 fully saturated rings. The molecule has 1 aromatic rings. The highest BCUT2D eigenvalue weighted by Crippen LogP contribution is 2.41. The van der Waals surface area contributed by atoms with Crippen LogP contribution in [0.25, 0.3) is 0 Å². The molecule has 0 aromatic heterocycles. The number of rotatable bonds is 2. The first-order valence-corrected chi connectivity index (χ1v) is 7.43. The first-order valence-electron chi connectivity index (χ1n) is 6.64. The molecule has 3 rings (SSSR count). The fourth-order valence-electron chi connectivity index (χ4n) is 3.48. The van der Waals surface area contributed by atoms with Gasteiger partial charge >= 0.3 is 0 Å². The lowest BCUT2D eigenvalue weighted by Gasteiger charge is -2.23. The highest BCUT2D eigenvalue weighted by Gasteiger charge is 2.42. The highest BCUT2D eigenvalue weighted by atomic mass is 79.9. The third kappa shape index (κ3) is 2.15. The Labute approximate surface area is 121 Å². The van der Waals surface area contributed by atoms with Gasteiger partial charge in [-0.3, -0.25) is 5.41 Å². The van der Waals surface area contributed by atoms with Gasteiger partial charge in [-0.25, -0.2) is 0 Å². The van der Waals surface area contributed by atoms with E-state index in [1.807, 2.05) is 18.2 Å². The number of halogens is 1. The van der Waals surface area contributed by atoms with Crippen LogP contribution in [-0.2, 0) is 0 Å². The molecule has 0 bridgehead atoms. The van der Waals surface area contributed by atoms with E-state index in [1.165, 1.54) is 0 Å². The van der Waals surface area contributed by atoms with E-state index in [9.17, 15) is 5.11 Å². The molecule has 1 aliphatic carbocycles. The van der Waals surface area contributed by atoms with Crippen molar-refractivity contribution < 1.29 is 5.11 Å². The molecule has 2 aliphatic rings. The quantitative estimate of drug-likeness (QED) is 0.575. The zero-order valence-electron chi connectivity index (χ0n) is 10.6. The van der Waals surface area contributed by atoms with Crippen LogP contribution in [-0.4, -0.2) is 30.1 Å². The van der Waals surface area contributed by atoms with Gasteiger partial charge in [0, 0.05) is 29.2 Å². The summed E-state index contributed by atoms with van der Waals surface area (Å²) in [6, 6.07) is 5.89. The summed E-state index contributed by atoms with van der Waals surface area (Å²) < 4.78 is 0.857. The van der Waals surface area contributed by atoms with Crippen LogP contribution < -0.4 is 10.6 Å². The SMILES string of the molecule is N=C(N)c1c(Br)cccc1N1CC2CCC(O)C2C1. The molecular weight excluding hydrogens is 306 g/mol. The standard InChI is InChI=1S/C14H18BrN3O/c15-10-2-1-3-11(13(10)14(16)17)18-6-8-4-5-12(19)9(8)7-18/h1-3,8-9,12,19H,4-7H2,(H3,16,17). The van der Waals surface area contributed by atoms with Crippen molar-refractivity contribution in [1.29, 1.82) is 5.41 Å². The van der Waals surface area contributed by atoms with Gasteiger partial charge in [-0.2, -0.15) is 0 Å². The maximum Gasteiger partial charge on any atom is 0.126 e. The van der Waals surface area contributed by atoms with Crippen LogP contribution in [0, 0.1) is 17.2 Å². The molecular formula is C14H18BrN3O. The van der Waals surface area contributed by atoms with E-state index in [0.29, 0.717) is 11.8 Å². The Balaban J connectivity index is 1.92. The Bertz CT molecular complexity index is 519. The molecule has 3 unspecified atom stereocenters. The number of nitrogens with zero attached hydrogens (tertiary/aromatic N) is 1. The van der Waals surface area contributed by atoms with Crippen molar-refractivity contribution in [2.45, 2.75) is 18.9 Å². The predicted octanol–water partition coefficient (Wildman–Crippen LogP) is 1.94. The monoisotopic (exact) mass is 323 g/mol. The van der Waals surface area contributed by atoms with Crippen LogP contribution in [0.5, 0.6) is 0 Å². The first kappa shape index (κ1) is 12.9. The lowest BCUT2D eigenvalue weighted by atomic mass is 10.00. The smallest absolute Gasteiger partial charge is 0.126 e. The van der Waals surface area contributed by atoms with Crippen LogP contribution in [0.3, 0.4) is 0 Å². The molecule has 19 heavy (non-hydrogen) atoms. The van der Waals surface area contributed by atoms with Crippen LogP contribution in [0.15, 0.2) is 22.7 Å². The summed E-state index contributed by atoms with van der Waals surface area (Å²) in [4.78, 5) is 2.26. The van der Waals surface area contributed by atoms with E-state index in [4.69, 9.17) is 11.1 Å². The molecule has 1 aromatic carbocycles. The minimum atomic E-state index is -0.164. The summed E-state index contributed by atoms with van der Waals surface area (Å²) in [5.41, 5.74) is 7.47. The van der Waals surface area contributed by atoms with Crippen molar-refractivity contribution in [3.05, 3.63) is 28.2 Å². The van der Waals surface area contributed by atoms with Crippen LogP contribution in [0.4, 0.5) is 5.69 Å². The molecule has 1 saturated heterocycles. The molecule has 1 saturated carbocycles. The normalized spacial score (nSPS) is 29.6. The fourth-order valence-corrected chi connectivity index (χ4v) is 4.05. The molecule has 0 radical (unpaired) electrons. The number of fused-ring (bicyclic) bond motifs is 1. The third-order valence-electron chi connectivity index (χ3n) is 4.42. The van der Waals surface area contributed by atoms with Gasteiger partial charge < -0.3 is 15.7 Å². The lowest BCUT2D eigenvalue weighted by molar-refractivity contribution is 0.133. The van der Waals surface area contributed by atoms with Crippen molar-refractivity contribution in [2.24, 2.45) is 17.6 Å². The van der Waals surface area contributed by atoms with E-state index in [-0.39, 0.29) is 11.9 Å². The predicted molar refractivity (Wildman–Crippen MR) is 79.6 cm³/mol. The summed E-state index contributed by atoms with van der Waals surface area (Å²) >= 11 is 3.47. The first-order chi connectivity index (χ1) is 9.08. The topological polar surface area (TPSA) is 73.3 Å². The second kappa shape index (κ2) is 4.80. The zero-order chi connectivity index (χ0) is 13.6. The summed E-state index contributed by atoms with van der Waals surface area (Å²) in [7, 11) is 0. The lowest BCUT2D eigenvalue weighted by Crippen LogP contribution is -2.27. The average molecular weight is 324 g/mol. The van der Waals surface area contributed by atoms with Gasteiger partial charge in [0.05, 0.1) is 11.7 Å².